The maximum atomic E-state index is 12.1. The molecule has 5 nitrogen and oxygen atoms in total. The molecule has 0 atom stereocenters. The molecule has 1 aliphatic rings. The third-order valence-corrected chi connectivity index (χ3v) is 4.38. The lowest BCUT2D eigenvalue weighted by Gasteiger charge is -2.09. The van der Waals surface area contributed by atoms with Gasteiger partial charge in [-0.05, 0) is 34.9 Å². The number of aromatic nitrogens is 4. The Morgan fingerprint density at radius 1 is 1.25 bits per heavy atom. The summed E-state index contributed by atoms with van der Waals surface area (Å²) < 4.78 is 2.68. The highest BCUT2D eigenvalue weighted by Crippen LogP contribution is 2.32. The molecular weight excluding hydrogens is 323 g/mol. The van der Waals surface area contributed by atoms with Crippen molar-refractivity contribution in [2.24, 2.45) is 0 Å². The zero-order chi connectivity index (χ0) is 14.3. The molecule has 1 saturated carbocycles. The summed E-state index contributed by atoms with van der Waals surface area (Å²) in [6, 6.07) is 3.68. The second-order valence-corrected chi connectivity index (χ2v) is 5.78. The fraction of sp³-hybridized carbons (Fsp3) is 0.417. The Morgan fingerprint density at radius 2 is 2.00 bits per heavy atom. The van der Waals surface area contributed by atoms with Crippen LogP contribution in [0.5, 0.6) is 0 Å². The summed E-state index contributed by atoms with van der Waals surface area (Å²) in [4.78, 5) is 12.1. The quantitative estimate of drug-likeness (QED) is 0.808. The van der Waals surface area contributed by atoms with Crippen molar-refractivity contribution in [3.8, 4) is 0 Å². The predicted molar refractivity (Wildman–Crippen MR) is 77.7 cm³/mol. The second kappa shape index (κ2) is 5.39. The van der Waals surface area contributed by atoms with Crippen LogP contribution in [0.15, 0.2) is 16.9 Å². The van der Waals surface area contributed by atoms with E-state index in [1.807, 2.05) is 0 Å². The lowest BCUT2D eigenvalue weighted by Crippen LogP contribution is -2.25. The summed E-state index contributed by atoms with van der Waals surface area (Å²) in [5.74, 6) is 0.284. The highest BCUT2D eigenvalue weighted by molar-refractivity contribution is 6.37. The summed E-state index contributed by atoms with van der Waals surface area (Å²) in [6.07, 6.45) is 1.95. The van der Waals surface area contributed by atoms with Crippen LogP contribution in [0.1, 0.15) is 30.0 Å². The highest BCUT2D eigenvalue weighted by Gasteiger charge is 2.28. The smallest absolute Gasteiger partial charge is 0.244 e. The zero-order valence-electron chi connectivity index (χ0n) is 10.4. The van der Waals surface area contributed by atoms with Crippen LogP contribution in [-0.4, -0.2) is 19.8 Å². The first kappa shape index (κ1) is 13.9. The summed E-state index contributed by atoms with van der Waals surface area (Å²) in [6.45, 7) is 0.188. The summed E-state index contributed by atoms with van der Waals surface area (Å²) >= 11 is 18.2. The van der Waals surface area contributed by atoms with Crippen molar-refractivity contribution in [2.75, 3.05) is 0 Å². The van der Waals surface area contributed by atoms with Gasteiger partial charge in [-0.15, -0.1) is 11.6 Å². The summed E-state index contributed by atoms with van der Waals surface area (Å²) in [5.41, 5.74) is 1.17. The number of alkyl halides is 1. The molecule has 0 saturated heterocycles. The van der Waals surface area contributed by atoms with Gasteiger partial charge >= 0.3 is 5.69 Å². The molecule has 0 amide bonds. The molecular formula is C12H11Cl3N4O. The van der Waals surface area contributed by atoms with Gasteiger partial charge in [0.1, 0.15) is 0 Å². The molecule has 2 aromatic rings. The second-order valence-electron chi connectivity index (χ2n) is 4.73. The first-order chi connectivity index (χ1) is 9.61. The molecule has 1 aromatic heterocycles. The van der Waals surface area contributed by atoms with E-state index in [4.69, 9.17) is 34.8 Å². The SMILES string of the molecule is O=c1n(Cc2c(Cl)ccc(CCl)c2Cl)nnn1C1CC1. The van der Waals surface area contributed by atoms with Crippen molar-refractivity contribution in [3.63, 3.8) is 0 Å². The Hall–Kier alpha value is -1.04. The normalized spacial score (nSPS) is 14.8. The van der Waals surface area contributed by atoms with Gasteiger partial charge in [0.05, 0.1) is 17.6 Å². The number of tetrazole rings is 1. The van der Waals surface area contributed by atoms with Crippen LogP contribution in [0.3, 0.4) is 0 Å². The standard InChI is InChI=1S/C12H11Cl3N4O/c13-5-7-1-4-10(14)9(11(7)15)6-18-12(20)19(17-16-18)8-2-3-8/h1,4,8H,2-3,5-6H2. The van der Waals surface area contributed by atoms with Crippen molar-refractivity contribution in [1.82, 2.24) is 19.8 Å². The van der Waals surface area contributed by atoms with Gasteiger partial charge in [-0.25, -0.2) is 4.79 Å². The minimum Gasteiger partial charge on any atom is -0.244 e. The minimum absolute atomic E-state index is 0.188. The monoisotopic (exact) mass is 332 g/mol. The Bertz CT molecular complexity index is 705. The number of nitrogens with zero attached hydrogens (tertiary/aromatic N) is 4. The number of rotatable bonds is 4. The predicted octanol–water partition coefficient (Wildman–Crippen LogP) is 2.87. The molecule has 0 spiro atoms. The van der Waals surface area contributed by atoms with Gasteiger partial charge in [-0.3, -0.25) is 0 Å². The van der Waals surface area contributed by atoms with Gasteiger partial charge in [0, 0.05) is 16.5 Å². The van der Waals surface area contributed by atoms with Crippen LogP contribution < -0.4 is 5.69 Å². The highest BCUT2D eigenvalue weighted by atomic mass is 35.5. The summed E-state index contributed by atoms with van der Waals surface area (Å²) in [7, 11) is 0. The van der Waals surface area contributed by atoms with Gasteiger partial charge in [-0.1, -0.05) is 29.3 Å². The number of halogens is 3. The van der Waals surface area contributed by atoms with Gasteiger partial charge < -0.3 is 0 Å². The van der Waals surface area contributed by atoms with Gasteiger partial charge in [0.25, 0.3) is 0 Å². The molecule has 1 heterocycles. The fourth-order valence-corrected chi connectivity index (χ4v) is 2.83. The van der Waals surface area contributed by atoms with E-state index >= 15 is 0 Å². The molecule has 0 N–H and O–H groups in total. The van der Waals surface area contributed by atoms with Crippen LogP contribution in [-0.2, 0) is 12.4 Å². The van der Waals surface area contributed by atoms with Crippen LogP contribution in [0, 0.1) is 0 Å². The van der Waals surface area contributed by atoms with Crippen molar-refractivity contribution in [2.45, 2.75) is 31.3 Å². The first-order valence-electron chi connectivity index (χ1n) is 6.16. The topological polar surface area (TPSA) is 52.7 Å². The van der Waals surface area contributed by atoms with E-state index in [0.717, 1.165) is 18.4 Å². The number of benzene rings is 1. The van der Waals surface area contributed by atoms with Crippen LogP contribution in [0.25, 0.3) is 0 Å². The van der Waals surface area contributed by atoms with E-state index in [-0.39, 0.29) is 24.2 Å². The Balaban J connectivity index is 1.97. The molecule has 1 fully saturated rings. The Kier molecular flexibility index (Phi) is 3.75. The van der Waals surface area contributed by atoms with Crippen LogP contribution in [0.4, 0.5) is 0 Å². The van der Waals surface area contributed by atoms with Gasteiger partial charge in [0.2, 0.25) is 0 Å². The lowest BCUT2D eigenvalue weighted by molar-refractivity contribution is 0.593. The van der Waals surface area contributed by atoms with Crippen molar-refractivity contribution < 1.29 is 0 Å². The third-order valence-electron chi connectivity index (χ3n) is 3.27. The minimum atomic E-state index is -0.240. The average Bonchev–Trinajstić information content (AvgIpc) is 3.20. The molecule has 106 valence electrons. The average molecular weight is 334 g/mol. The molecule has 8 heteroatoms. The van der Waals surface area contributed by atoms with Crippen molar-refractivity contribution in [1.29, 1.82) is 0 Å². The van der Waals surface area contributed by atoms with Gasteiger partial charge in [0.15, 0.2) is 0 Å². The first-order valence-corrected chi connectivity index (χ1v) is 7.45. The Labute approximate surface area is 130 Å². The van der Waals surface area contributed by atoms with E-state index in [1.165, 1.54) is 9.36 Å². The van der Waals surface area contributed by atoms with E-state index in [2.05, 4.69) is 10.4 Å². The largest absolute Gasteiger partial charge is 0.364 e. The van der Waals surface area contributed by atoms with E-state index in [0.29, 0.717) is 15.6 Å². The Morgan fingerprint density at radius 3 is 2.65 bits per heavy atom. The summed E-state index contributed by atoms with van der Waals surface area (Å²) in [5, 5.41) is 8.71. The number of hydrogen-bond acceptors (Lipinski definition) is 3. The third kappa shape index (κ3) is 2.45. The molecule has 1 aliphatic carbocycles. The molecule has 0 radical (unpaired) electrons. The number of hydrogen-bond donors (Lipinski definition) is 0. The van der Waals surface area contributed by atoms with Crippen molar-refractivity contribution >= 4 is 34.8 Å². The molecule has 0 bridgehead atoms. The van der Waals surface area contributed by atoms with Crippen molar-refractivity contribution in [3.05, 3.63) is 43.8 Å². The van der Waals surface area contributed by atoms with E-state index in [9.17, 15) is 4.79 Å². The molecule has 0 unspecified atom stereocenters. The van der Waals surface area contributed by atoms with E-state index in [1.54, 1.807) is 12.1 Å². The maximum Gasteiger partial charge on any atom is 0.364 e. The van der Waals surface area contributed by atoms with Crippen LogP contribution in [0.2, 0.25) is 10.0 Å². The zero-order valence-corrected chi connectivity index (χ0v) is 12.7. The fourth-order valence-electron chi connectivity index (χ4n) is 1.98. The molecule has 0 aliphatic heterocycles. The van der Waals surface area contributed by atoms with Gasteiger partial charge in [-0.2, -0.15) is 9.36 Å². The van der Waals surface area contributed by atoms with E-state index < -0.39 is 0 Å². The molecule has 20 heavy (non-hydrogen) atoms. The van der Waals surface area contributed by atoms with Crippen LogP contribution >= 0.6 is 34.8 Å². The molecule has 1 aromatic carbocycles. The lowest BCUT2D eigenvalue weighted by atomic mass is 10.1. The molecule has 3 rings (SSSR count). The maximum absolute atomic E-state index is 12.1.